The highest BCUT2D eigenvalue weighted by Crippen LogP contribution is 2.24. The zero-order valence-electron chi connectivity index (χ0n) is 17.2. The number of piperazine rings is 1. The molecule has 0 bridgehead atoms. The van der Waals surface area contributed by atoms with Crippen molar-refractivity contribution >= 4 is 17.3 Å². The summed E-state index contributed by atoms with van der Waals surface area (Å²) in [5, 5.41) is 2.96. The summed E-state index contributed by atoms with van der Waals surface area (Å²) in [6.45, 7) is 12.5. The van der Waals surface area contributed by atoms with E-state index in [1.807, 2.05) is 26.0 Å². The van der Waals surface area contributed by atoms with E-state index in [1.54, 1.807) is 6.07 Å². The molecule has 3 rings (SSSR count). The van der Waals surface area contributed by atoms with Crippen LogP contribution in [0.4, 0.5) is 11.4 Å². The Labute approximate surface area is 166 Å². The Kier molecular flexibility index (Phi) is 6.19. The Bertz CT molecular complexity index is 896. The number of anilines is 2. The lowest BCUT2D eigenvalue weighted by Crippen LogP contribution is -2.48. The molecule has 1 aromatic heterocycles. The number of carbonyl (C=O) groups excluding carboxylic acids is 1. The molecule has 28 heavy (non-hydrogen) atoms. The number of aromatic nitrogens is 1. The van der Waals surface area contributed by atoms with Crippen molar-refractivity contribution in [1.29, 1.82) is 0 Å². The third-order valence-electron chi connectivity index (χ3n) is 5.27. The molecular weight excluding hydrogens is 352 g/mol. The van der Waals surface area contributed by atoms with Gasteiger partial charge in [-0.3, -0.25) is 14.5 Å². The quantitative estimate of drug-likeness (QED) is 0.834. The second-order valence-corrected chi connectivity index (χ2v) is 7.74. The number of hydrogen-bond acceptors (Lipinski definition) is 4. The molecule has 2 N–H and O–H groups in total. The van der Waals surface area contributed by atoms with Crippen LogP contribution >= 0.6 is 0 Å². The Hall–Kier alpha value is -2.60. The molecule has 2 heterocycles. The minimum absolute atomic E-state index is 0.252. The van der Waals surface area contributed by atoms with E-state index in [4.69, 9.17) is 0 Å². The Morgan fingerprint density at radius 2 is 1.82 bits per heavy atom. The molecule has 1 fully saturated rings. The van der Waals surface area contributed by atoms with Crippen LogP contribution in [0.3, 0.4) is 0 Å². The van der Waals surface area contributed by atoms with Gasteiger partial charge in [-0.25, -0.2) is 0 Å². The maximum Gasteiger partial charge on any atom is 0.255 e. The molecule has 0 radical (unpaired) electrons. The van der Waals surface area contributed by atoms with Crippen molar-refractivity contribution in [3.05, 3.63) is 57.5 Å². The van der Waals surface area contributed by atoms with Gasteiger partial charge in [-0.1, -0.05) is 6.92 Å². The molecular formula is C22H30N4O2. The van der Waals surface area contributed by atoms with Crippen molar-refractivity contribution in [3.63, 3.8) is 0 Å². The number of aromatic amines is 1. The lowest BCUT2D eigenvalue weighted by Gasteiger charge is -2.38. The largest absolute Gasteiger partial charge is 0.369 e. The lowest BCUT2D eigenvalue weighted by atomic mass is 10.1. The van der Waals surface area contributed by atoms with E-state index in [2.05, 4.69) is 40.0 Å². The van der Waals surface area contributed by atoms with Gasteiger partial charge in [-0.05, 0) is 57.0 Å². The van der Waals surface area contributed by atoms with Crippen LogP contribution in [0.25, 0.3) is 0 Å². The molecule has 2 aromatic rings. The molecule has 0 saturated carbocycles. The topological polar surface area (TPSA) is 68.4 Å². The fourth-order valence-corrected chi connectivity index (χ4v) is 3.64. The van der Waals surface area contributed by atoms with Gasteiger partial charge < -0.3 is 15.2 Å². The molecule has 1 amide bonds. The van der Waals surface area contributed by atoms with Crippen LogP contribution < -0.4 is 15.8 Å². The molecule has 1 saturated heterocycles. The molecule has 1 aromatic carbocycles. The molecule has 150 valence electrons. The predicted molar refractivity (Wildman–Crippen MR) is 114 cm³/mol. The van der Waals surface area contributed by atoms with Gasteiger partial charge in [0.15, 0.2) is 0 Å². The van der Waals surface area contributed by atoms with E-state index >= 15 is 0 Å². The van der Waals surface area contributed by atoms with Gasteiger partial charge in [0.25, 0.3) is 5.91 Å². The fraction of sp³-hybridized carbons (Fsp3) is 0.455. The summed E-state index contributed by atoms with van der Waals surface area (Å²) in [4.78, 5) is 32.0. The van der Waals surface area contributed by atoms with Crippen molar-refractivity contribution < 1.29 is 4.79 Å². The summed E-state index contributed by atoms with van der Waals surface area (Å²) in [6.07, 6.45) is 0.674. The maximum atomic E-state index is 12.7. The van der Waals surface area contributed by atoms with Crippen LogP contribution in [-0.2, 0) is 6.42 Å². The number of pyridine rings is 1. The fourth-order valence-electron chi connectivity index (χ4n) is 3.64. The van der Waals surface area contributed by atoms with E-state index in [-0.39, 0.29) is 11.5 Å². The zero-order valence-corrected chi connectivity index (χ0v) is 17.2. The monoisotopic (exact) mass is 382 g/mol. The second-order valence-electron chi connectivity index (χ2n) is 7.74. The van der Waals surface area contributed by atoms with Gasteiger partial charge in [-0.2, -0.15) is 0 Å². The van der Waals surface area contributed by atoms with Crippen LogP contribution in [0.1, 0.15) is 42.4 Å². The minimum atomic E-state index is -0.262. The molecule has 0 aliphatic carbocycles. The summed E-state index contributed by atoms with van der Waals surface area (Å²) >= 11 is 0. The Balaban J connectivity index is 1.76. The number of rotatable bonds is 5. The summed E-state index contributed by atoms with van der Waals surface area (Å²) in [5.41, 5.74) is 3.86. The summed E-state index contributed by atoms with van der Waals surface area (Å²) in [7, 11) is 0. The van der Waals surface area contributed by atoms with E-state index in [9.17, 15) is 9.59 Å². The first-order chi connectivity index (χ1) is 13.4. The number of aryl methyl sites for hydroxylation is 2. The van der Waals surface area contributed by atoms with Crippen LogP contribution in [0, 0.1) is 6.92 Å². The normalized spacial score (nSPS) is 15.1. The Morgan fingerprint density at radius 3 is 2.46 bits per heavy atom. The Morgan fingerprint density at radius 1 is 1.11 bits per heavy atom. The molecule has 0 atom stereocenters. The number of nitrogens with one attached hydrogen (secondary N) is 2. The number of H-pyrrole nitrogens is 1. The standard InChI is InChI=1S/C22H30N4O2/c1-5-18-12-17(13-21(27)23-18)22(28)24-19-10-16(4)11-20(14-19)26-8-6-25(7-9-26)15(2)3/h10-15H,5-9H2,1-4H3,(H,23,27)(H,24,28). The lowest BCUT2D eigenvalue weighted by molar-refractivity contribution is 0.102. The van der Waals surface area contributed by atoms with Crippen LogP contribution in [-0.4, -0.2) is 48.0 Å². The molecule has 1 aliphatic rings. The number of nitrogens with zero attached hydrogens (tertiary/aromatic N) is 2. The van der Waals surface area contributed by atoms with Gasteiger partial charge in [0.1, 0.15) is 0 Å². The van der Waals surface area contributed by atoms with Crippen LogP contribution in [0.2, 0.25) is 0 Å². The van der Waals surface area contributed by atoms with E-state index in [0.717, 1.165) is 48.8 Å². The van der Waals surface area contributed by atoms with E-state index in [1.165, 1.54) is 6.07 Å². The molecule has 0 unspecified atom stereocenters. The highest BCUT2D eigenvalue weighted by molar-refractivity contribution is 6.04. The third kappa shape index (κ3) is 4.81. The highest BCUT2D eigenvalue weighted by atomic mass is 16.2. The van der Waals surface area contributed by atoms with Crippen molar-refractivity contribution in [2.45, 2.75) is 40.2 Å². The summed E-state index contributed by atoms with van der Waals surface area (Å²) in [6, 6.07) is 9.78. The van der Waals surface area contributed by atoms with Gasteiger partial charge in [0, 0.05) is 60.9 Å². The highest BCUT2D eigenvalue weighted by Gasteiger charge is 2.19. The first kappa shape index (κ1) is 20.1. The van der Waals surface area contributed by atoms with Crippen molar-refractivity contribution in [1.82, 2.24) is 9.88 Å². The first-order valence-electron chi connectivity index (χ1n) is 10.0. The zero-order chi connectivity index (χ0) is 20.3. The number of hydrogen-bond donors (Lipinski definition) is 2. The molecule has 6 heteroatoms. The maximum absolute atomic E-state index is 12.7. The van der Waals surface area contributed by atoms with Gasteiger partial charge >= 0.3 is 0 Å². The third-order valence-corrected chi connectivity index (χ3v) is 5.27. The number of benzene rings is 1. The molecule has 0 spiro atoms. The van der Waals surface area contributed by atoms with E-state index in [0.29, 0.717) is 18.0 Å². The second kappa shape index (κ2) is 8.61. The van der Waals surface area contributed by atoms with Crippen LogP contribution in [0.15, 0.2) is 35.1 Å². The first-order valence-corrected chi connectivity index (χ1v) is 10.0. The number of carbonyl (C=O) groups is 1. The van der Waals surface area contributed by atoms with Crippen molar-refractivity contribution in [3.8, 4) is 0 Å². The van der Waals surface area contributed by atoms with Gasteiger partial charge in [-0.15, -0.1) is 0 Å². The van der Waals surface area contributed by atoms with Crippen LogP contribution in [0.5, 0.6) is 0 Å². The average Bonchev–Trinajstić information content (AvgIpc) is 2.67. The van der Waals surface area contributed by atoms with Gasteiger partial charge in [0.2, 0.25) is 5.56 Å². The summed E-state index contributed by atoms with van der Waals surface area (Å²) in [5.74, 6) is -0.262. The minimum Gasteiger partial charge on any atom is -0.369 e. The molecule has 6 nitrogen and oxygen atoms in total. The van der Waals surface area contributed by atoms with E-state index < -0.39 is 0 Å². The average molecular weight is 383 g/mol. The van der Waals surface area contributed by atoms with Gasteiger partial charge in [0.05, 0.1) is 0 Å². The van der Waals surface area contributed by atoms with Crippen molar-refractivity contribution in [2.75, 3.05) is 36.4 Å². The SMILES string of the molecule is CCc1cc(C(=O)Nc2cc(C)cc(N3CCN(C(C)C)CC3)c2)cc(=O)[nH]1. The molecule has 1 aliphatic heterocycles. The number of amides is 1. The predicted octanol–water partition coefficient (Wildman–Crippen LogP) is 3.03. The summed E-state index contributed by atoms with van der Waals surface area (Å²) < 4.78 is 0. The smallest absolute Gasteiger partial charge is 0.255 e. The van der Waals surface area contributed by atoms with Crippen molar-refractivity contribution in [2.24, 2.45) is 0 Å².